The first-order valence-corrected chi connectivity index (χ1v) is 19.0. The second-order valence-electron chi connectivity index (χ2n) is 12.6. The maximum absolute atomic E-state index is 14.4. The minimum atomic E-state index is -4.31. The third-order valence-corrected chi connectivity index (χ3v) is 9.54. The molecular formula is C35H42ClFN3O13P. The molecule has 0 spiro atoms. The molecule has 1 aromatic heterocycles. The maximum atomic E-state index is 14.4. The van der Waals surface area contributed by atoms with Crippen LogP contribution in [-0.4, -0.2) is 84.1 Å². The topological polar surface area (TPSA) is 187 Å². The molecule has 294 valence electrons. The third-order valence-electron chi connectivity index (χ3n) is 7.80. The lowest BCUT2D eigenvalue weighted by molar-refractivity contribution is -0.138. The fourth-order valence-electron chi connectivity index (χ4n) is 5.36. The molecule has 1 fully saturated rings. The highest BCUT2D eigenvalue weighted by molar-refractivity contribution is 7.53. The number of nitrogens with one attached hydrogen (secondary N) is 1. The zero-order valence-corrected chi connectivity index (χ0v) is 32.0. The zero-order valence-electron chi connectivity index (χ0n) is 30.3. The zero-order chi connectivity index (χ0) is 39.6. The Morgan fingerprint density at radius 3 is 2.24 bits per heavy atom. The number of carbonyl (C=O) groups is 5. The van der Waals surface area contributed by atoms with E-state index in [1.165, 1.54) is 46.9 Å². The van der Waals surface area contributed by atoms with Crippen molar-refractivity contribution in [3.63, 3.8) is 0 Å². The Labute approximate surface area is 315 Å². The molecule has 2 amide bonds. The van der Waals surface area contributed by atoms with Crippen LogP contribution in [0.4, 0.5) is 14.0 Å². The molecule has 0 aliphatic carbocycles. The van der Waals surface area contributed by atoms with Gasteiger partial charge in [0.15, 0.2) is 12.1 Å². The van der Waals surface area contributed by atoms with Gasteiger partial charge in [0, 0.05) is 41.9 Å². The number of likely N-dealkylation sites (tertiary alicyclic amines) is 1. The van der Waals surface area contributed by atoms with Crippen LogP contribution < -0.4 is 10.1 Å². The molecule has 1 aliphatic heterocycles. The van der Waals surface area contributed by atoms with Crippen molar-refractivity contribution in [3.8, 4) is 5.75 Å². The molecule has 1 atom stereocenters. The first kappa shape index (κ1) is 42.0. The number of nitrogens with zero attached hydrogens (tertiary/aromatic N) is 2. The van der Waals surface area contributed by atoms with Crippen molar-refractivity contribution in [2.75, 3.05) is 26.5 Å². The Morgan fingerprint density at radius 1 is 0.981 bits per heavy atom. The summed E-state index contributed by atoms with van der Waals surface area (Å²) in [6.45, 7) is 5.97. The summed E-state index contributed by atoms with van der Waals surface area (Å²) in [5.41, 5.74) is 0.921. The molecule has 1 N–H and O–H groups in total. The monoisotopic (exact) mass is 797 g/mol. The molecule has 0 unspecified atom stereocenters. The highest BCUT2D eigenvalue weighted by Gasteiger charge is 2.34. The Kier molecular flexibility index (Phi) is 14.8. The first-order chi connectivity index (χ1) is 25.6. The molecule has 1 saturated heterocycles. The number of Topliss-reactive ketones (excluding diaryl/α,β-unsaturated/α-hetero) is 1. The maximum Gasteiger partial charge on any atom is 0.510 e. The van der Waals surface area contributed by atoms with Gasteiger partial charge in [0.05, 0.1) is 22.7 Å². The number of rotatable bonds is 17. The third kappa shape index (κ3) is 11.6. The normalized spacial score (nSPS) is 14.3. The molecule has 54 heavy (non-hydrogen) atoms. The number of fused-ring (bicyclic) bond motifs is 1. The number of ketones is 1. The summed E-state index contributed by atoms with van der Waals surface area (Å²) >= 11 is 5.86. The summed E-state index contributed by atoms with van der Waals surface area (Å²) in [5, 5.41) is 3.11. The lowest BCUT2D eigenvalue weighted by atomic mass is 10.1. The van der Waals surface area contributed by atoms with E-state index in [1.54, 1.807) is 39.8 Å². The number of carbonyl (C=O) groups excluding carboxylic acids is 5. The Hall–Kier alpha value is -4.70. The van der Waals surface area contributed by atoms with Gasteiger partial charge in [-0.2, -0.15) is 0 Å². The minimum absolute atomic E-state index is 0.0711. The first-order valence-electron chi connectivity index (χ1n) is 16.9. The second-order valence-corrected chi connectivity index (χ2v) is 15.0. The van der Waals surface area contributed by atoms with Gasteiger partial charge < -0.3 is 38.5 Å². The largest absolute Gasteiger partial charge is 0.510 e. The number of halogens is 2. The van der Waals surface area contributed by atoms with Gasteiger partial charge in [-0.1, -0.05) is 23.7 Å². The van der Waals surface area contributed by atoms with Crippen LogP contribution in [0.5, 0.6) is 5.75 Å². The lowest BCUT2D eigenvalue weighted by Crippen LogP contribution is -2.46. The predicted molar refractivity (Wildman–Crippen MR) is 190 cm³/mol. The van der Waals surface area contributed by atoms with E-state index >= 15 is 0 Å². The second kappa shape index (κ2) is 19.1. The van der Waals surface area contributed by atoms with Gasteiger partial charge in [0.25, 0.3) is 0 Å². The molecule has 0 saturated carbocycles. The SMILES string of the molecule is CC(=O)c1cn(CC(=O)N2CCC[C@H]2C(=O)NCc2cccc(Cl)c2F)c2cc(OCP(=O)(OCOC(=O)OC(C)C)OCOC(=O)OC(C)C)ccc12. The summed E-state index contributed by atoms with van der Waals surface area (Å²) in [7, 11) is -4.31. The van der Waals surface area contributed by atoms with Crippen LogP contribution in [0.1, 0.15) is 63.4 Å². The van der Waals surface area contributed by atoms with Crippen molar-refractivity contribution in [3.05, 3.63) is 64.6 Å². The van der Waals surface area contributed by atoms with E-state index in [1.807, 2.05) is 0 Å². The van der Waals surface area contributed by atoms with Crippen LogP contribution in [-0.2, 0) is 55.2 Å². The average Bonchev–Trinajstić information content (AvgIpc) is 3.73. The van der Waals surface area contributed by atoms with E-state index in [-0.39, 0.29) is 35.2 Å². The molecule has 0 bridgehead atoms. The molecule has 0 radical (unpaired) electrons. The van der Waals surface area contributed by atoms with Gasteiger partial charge in [-0.25, -0.2) is 14.0 Å². The highest BCUT2D eigenvalue weighted by atomic mass is 35.5. The molecule has 1 aliphatic rings. The van der Waals surface area contributed by atoms with E-state index < -0.39 is 75.7 Å². The van der Waals surface area contributed by atoms with E-state index in [4.69, 9.17) is 44.3 Å². The quantitative estimate of drug-likeness (QED) is 0.0672. The predicted octanol–water partition coefficient (Wildman–Crippen LogP) is 6.54. The van der Waals surface area contributed by atoms with Crippen LogP contribution in [0.2, 0.25) is 5.02 Å². The van der Waals surface area contributed by atoms with E-state index in [2.05, 4.69) is 5.32 Å². The molecule has 3 aromatic rings. The number of ether oxygens (including phenoxy) is 5. The molecule has 16 nitrogen and oxygen atoms in total. The average molecular weight is 798 g/mol. The van der Waals surface area contributed by atoms with Gasteiger partial charge in [0.2, 0.25) is 25.4 Å². The lowest BCUT2D eigenvalue weighted by Gasteiger charge is -2.24. The van der Waals surface area contributed by atoms with Gasteiger partial charge in [0.1, 0.15) is 24.2 Å². The van der Waals surface area contributed by atoms with Crippen molar-refractivity contribution in [1.82, 2.24) is 14.8 Å². The van der Waals surface area contributed by atoms with Crippen molar-refractivity contribution < 1.29 is 65.7 Å². The van der Waals surface area contributed by atoms with Crippen molar-refractivity contribution >= 4 is 60.0 Å². The standard InChI is InChI=1S/C35H42ClFN3O13P/c1-21(2)52-34(44)47-18-50-54(46,51-19-48-35(45)53-22(3)4)20-49-25-11-12-26-27(23(5)41)16-39(30(26)14-25)17-31(42)40-13-7-10-29(40)33(43)38-15-24-8-6-9-28(36)32(24)37/h6,8-9,11-12,14,16,21-22,29H,7,10,13,15,17-20H2,1-5H3,(H,38,43)/t29-/m0/s1. The molecule has 2 aromatic carbocycles. The fraction of sp³-hybridized carbons (Fsp3) is 0.457. The minimum Gasteiger partial charge on any atom is -0.481 e. The molecule has 19 heteroatoms. The van der Waals surface area contributed by atoms with E-state index in [9.17, 15) is 32.9 Å². The van der Waals surface area contributed by atoms with Gasteiger partial charge in [-0.3, -0.25) is 28.0 Å². The highest BCUT2D eigenvalue weighted by Crippen LogP contribution is 2.48. The Morgan fingerprint density at radius 2 is 1.63 bits per heavy atom. The van der Waals surface area contributed by atoms with Crippen LogP contribution in [0, 0.1) is 5.82 Å². The summed E-state index contributed by atoms with van der Waals surface area (Å²) in [5.74, 6) is -1.65. The van der Waals surface area contributed by atoms with Gasteiger partial charge in [-0.05, 0) is 65.7 Å². The number of hydrogen-bond donors (Lipinski definition) is 1. The van der Waals surface area contributed by atoms with Crippen LogP contribution in [0.3, 0.4) is 0 Å². The van der Waals surface area contributed by atoms with E-state index in [0.29, 0.717) is 35.9 Å². The Balaban J connectivity index is 1.48. The van der Waals surface area contributed by atoms with Crippen LogP contribution in [0.25, 0.3) is 10.9 Å². The number of amides is 2. The number of benzene rings is 2. The van der Waals surface area contributed by atoms with Crippen LogP contribution in [0.15, 0.2) is 42.6 Å². The van der Waals surface area contributed by atoms with Gasteiger partial charge in [-0.15, -0.1) is 0 Å². The molecular weight excluding hydrogens is 756 g/mol. The summed E-state index contributed by atoms with van der Waals surface area (Å²) in [6.07, 6.45) is -1.45. The van der Waals surface area contributed by atoms with Crippen LogP contribution >= 0.6 is 19.2 Å². The van der Waals surface area contributed by atoms with E-state index in [0.717, 1.165) is 0 Å². The van der Waals surface area contributed by atoms with Crippen molar-refractivity contribution in [1.29, 1.82) is 0 Å². The Bertz CT molecular complexity index is 1870. The summed E-state index contributed by atoms with van der Waals surface area (Å²) < 4.78 is 64.9. The van der Waals surface area contributed by atoms with Crippen molar-refractivity contribution in [2.45, 2.75) is 78.8 Å². The fourth-order valence-corrected chi connectivity index (χ4v) is 6.51. The molecule has 2 heterocycles. The molecule has 4 rings (SSSR count). The van der Waals surface area contributed by atoms with Crippen molar-refractivity contribution in [2.24, 2.45) is 0 Å². The number of hydrogen-bond acceptors (Lipinski definition) is 13. The summed E-state index contributed by atoms with van der Waals surface area (Å²) in [6, 6.07) is 8.24. The number of aromatic nitrogens is 1. The smallest absolute Gasteiger partial charge is 0.481 e. The van der Waals surface area contributed by atoms with Gasteiger partial charge >= 0.3 is 19.9 Å². The summed E-state index contributed by atoms with van der Waals surface area (Å²) in [4.78, 5) is 64.4.